The van der Waals surface area contributed by atoms with Crippen LogP contribution in [0.3, 0.4) is 0 Å². The fourth-order valence-corrected chi connectivity index (χ4v) is 4.58. The van der Waals surface area contributed by atoms with E-state index in [0.29, 0.717) is 25.1 Å². The Morgan fingerprint density at radius 1 is 0.886 bits per heavy atom. The van der Waals surface area contributed by atoms with Crippen molar-refractivity contribution in [3.63, 3.8) is 0 Å². The minimum absolute atomic E-state index is 0.0511. The third kappa shape index (κ3) is 6.19. The predicted molar refractivity (Wildman–Crippen MR) is 114 cm³/mol. The number of hydrogen-bond donors (Lipinski definition) is 0. The number of halogens is 6. The molecule has 2 aromatic rings. The standard InChI is InChI=1S/C24H24F6N2O3/c25-23(26,27)20(24(28,29)30)35-21(33)32-11-9-22(10-12-32)15-31(16-22)14-17-5-4-8-19(13-17)34-18-6-2-1-3-7-18/h1-8,13,20H,9-12,14-16H2. The summed E-state index contributed by atoms with van der Waals surface area (Å²) >= 11 is 0. The lowest BCUT2D eigenvalue weighted by Gasteiger charge is -2.54. The van der Waals surface area contributed by atoms with Gasteiger partial charge in [0.1, 0.15) is 11.5 Å². The first-order valence-corrected chi connectivity index (χ1v) is 11.1. The topological polar surface area (TPSA) is 42.0 Å². The van der Waals surface area contributed by atoms with Crippen LogP contribution in [0.4, 0.5) is 31.1 Å². The molecule has 2 aromatic carbocycles. The number of piperidine rings is 1. The Hall–Kier alpha value is -2.95. The molecule has 2 aliphatic heterocycles. The van der Waals surface area contributed by atoms with E-state index in [9.17, 15) is 31.1 Å². The zero-order valence-corrected chi connectivity index (χ0v) is 18.6. The Bertz CT molecular complexity index is 998. The molecule has 190 valence electrons. The van der Waals surface area contributed by atoms with Crippen molar-refractivity contribution in [3.05, 3.63) is 60.2 Å². The van der Waals surface area contributed by atoms with Crippen LogP contribution in [0.5, 0.6) is 11.5 Å². The first kappa shape index (κ1) is 25.2. The molecule has 1 amide bonds. The van der Waals surface area contributed by atoms with Crippen LogP contribution < -0.4 is 4.74 Å². The highest BCUT2D eigenvalue weighted by Gasteiger charge is 2.60. The highest BCUT2D eigenvalue weighted by atomic mass is 19.4. The van der Waals surface area contributed by atoms with Crippen LogP contribution in [-0.4, -0.2) is 60.5 Å². The lowest BCUT2D eigenvalue weighted by Crippen LogP contribution is -2.60. The number of para-hydroxylation sites is 1. The fourth-order valence-electron chi connectivity index (χ4n) is 4.58. The van der Waals surface area contributed by atoms with Gasteiger partial charge in [-0.25, -0.2) is 4.79 Å². The molecule has 0 saturated carbocycles. The molecule has 0 radical (unpaired) electrons. The van der Waals surface area contributed by atoms with E-state index in [2.05, 4.69) is 9.64 Å². The molecule has 0 aromatic heterocycles. The maximum absolute atomic E-state index is 12.7. The van der Waals surface area contributed by atoms with Gasteiger partial charge in [0.15, 0.2) is 0 Å². The molecule has 0 unspecified atom stereocenters. The SMILES string of the molecule is O=C(OC(C(F)(F)F)C(F)(F)F)N1CCC2(CC1)CN(Cc1cccc(Oc3ccccc3)c1)C2. The number of hydrogen-bond acceptors (Lipinski definition) is 4. The highest BCUT2D eigenvalue weighted by molar-refractivity contribution is 5.68. The molecular formula is C24H24F6N2O3. The minimum atomic E-state index is -5.72. The van der Waals surface area contributed by atoms with E-state index in [-0.39, 0.29) is 18.5 Å². The van der Waals surface area contributed by atoms with Gasteiger partial charge in [0.05, 0.1) is 0 Å². The van der Waals surface area contributed by atoms with Crippen LogP contribution in [0.25, 0.3) is 0 Å². The average Bonchev–Trinajstić information content (AvgIpc) is 2.76. The highest BCUT2D eigenvalue weighted by Crippen LogP contribution is 2.42. The van der Waals surface area contributed by atoms with Crippen LogP contribution in [0, 0.1) is 5.41 Å². The average molecular weight is 502 g/mol. The van der Waals surface area contributed by atoms with Crippen molar-refractivity contribution in [1.82, 2.24) is 9.80 Å². The number of benzene rings is 2. The first-order chi connectivity index (χ1) is 16.4. The predicted octanol–water partition coefficient (Wildman–Crippen LogP) is 6.01. The van der Waals surface area contributed by atoms with Crippen molar-refractivity contribution in [1.29, 1.82) is 0 Å². The number of amides is 1. The molecule has 0 bridgehead atoms. The second-order valence-corrected chi connectivity index (χ2v) is 9.04. The van der Waals surface area contributed by atoms with E-state index >= 15 is 0 Å². The van der Waals surface area contributed by atoms with Crippen LogP contribution in [0.1, 0.15) is 18.4 Å². The summed E-state index contributed by atoms with van der Waals surface area (Å²) in [5.74, 6) is 1.45. The number of carbonyl (C=O) groups excluding carboxylic acids is 1. The number of nitrogens with zero attached hydrogens (tertiary/aromatic N) is 2. The van der Waals surface area contributed by atoms with Gasteiger partial charge in [-0.3, -0.25) is 4.90 Å². The summed E-state index contributed by atoms with van der Waals surface area (Å²) in [5.41, 5.74) is 0.946. The number of alkyl halides is 6. The molecule has 11 heteroatoms. The normalized spacial score (nSPS) is 18.4. The van der Waals surface area contributed by atoms with Crippen LogP contribution in [-0.2, 0) is 11.3 Å². The minimum Gasteiger partial charge on any atom is -0.457 e. The fraction of sp³-hybridized carbons (Fsp3) is 0.458. The quantitative estimate of drug-likeness (QED) is 0.470. The molecule has 0 atom stereocenters. The molecular weight excluding hydrogens is 478 g/mol. The number of likely N-dealkylation sites (tertiary alicyclic amines) is 2. The summed E-state index contributed by atoms with van der Waals surface area (Å²) in [5, 5.41) is 0. The molecule has 2 fully saturated rings. The number of carbonyl (C=O) groups is 1. The Balaban J connectivity index is 1.26. The zero-order valence-electron chi connectivity index (χ0n) is 18.6. The second-order valence-electron chi connectivity index (χ2n) is 9.04. The van der Waals surface area contributed by atoms with Crippen molar-refractivity contribution in [2.45, 2.75) is 37.8 Å². The van der Waals surface area contributed by atoms with Crippen LogP contribution in [0.15, 0.2) is 54.6 Å². The molecule has 2 saturated heterocycles. The molecule has 1 spiro atoms. The number of ether oxygens (including phenoxy) is 2. The van der Waals surface area contributed by atoms with Gasteiger partial charge in [0.25, 0.3) is 6.10 Å². The molecule has 2 aliphatic rings. The maximum atomic E-state index is 12.7. The van der Waals surface area contributed by atoms with E-state index in [1.165, 1.54) is 0 Å². The van der Waals surface area contributed by atoms with E-state index in [0.717, 1.165) is 29.3 Å². The van der Waals surface area contributed by atoms with E-state index in [4.69, 9.17) is 4.74 Å². The number of rotatable bonds is 5. The third-order valence-electron chi connectivity index (χ3n) is 6.30. The second kappa shape index (κ2) is 9.60. The molecule has 5 nitrogen and oxygen atoms in total. The zero-order chi connectivity index (χ0) is 25.3. The third-order valence-corrected chi connectivity index (χ3v) is 6.30. The van der Waals surface area contributed by atoms with Gasteiger partial charge in [-0.1, -0.05) is 30.3 Å². The van der Waals surface area contributed by atoms with Gasteiger partial charge >= 0.3 is 18.4 Å². The monoisotopic (exact) mass is 502 g/mol. The smallest absolute Gasteiger partial charge is 0.434 e. The summed E-state index contributed by atoms with van der Waals surface area (Å²) in [4.78, 5) is 15.1. The summed E-state index contributed by atoms with van der Waals surface area (Å²) in [6.07, 6.45) is -16.2. The molecule has 2 heterocycles. The summed E-state index contributed by atoms with van der Waals surface area (Å²) in [7, 11) is 0. The summed E-state index contributed by atoms with van der Waals surface area (Å²) in [6, 6.07) is 17.1. The summed E-state index contributed by atoms with van der Waals surface area (Å²) < 4.78 is 85.6. The lowest BCUT2D eigenvalue weighted by molar-refractivity contribution is -0.308. The largest absolute Gasteiger partial charge is 0.457 e. The van der Waals surface area contributed by atoms with E-state index in [1.807, 2.05) is 54.6 Å². The van der Waals surface area contributed by atoms with Gasteiger partial charge in [-0.2, -0.15) is 26.3 Å². The Kier molecular flexibility index (Phi) is 6.90. The molecule has 0 aliphatic carbocycles. The van der Waals surface area contributed by atoms with Gasteiger partial charge in [0, 0.05) is 32.7 Å². The van der Waals surface area contributed by atoms with Crippen molar-refractivity contribution < 1.29 is 40.6 Å². The van der Waals surface area contributed by atoms with Gasteiger partial charge in [-0.15, -0.1) is 0 Å². The lowest BCUT2D eigenvalue weighted by atomic mass is 9.72. The van der Waals surface area contributed by atoms with Crippen LogP contribution >= 0.6 is 0 Å². The summed E-state index contributed by atoms with van der Waals surface area (Å²) in [6.45, 7) is 2.24. The van der Waals surface area contributed by atoms with Crippen LogP contribution in [0.2, 0.25) is 0 Å². The van der Waals surface area contributed by atoms with E-state index < -0.39 is 24.5 Å². The Morgan fingerprint density at radius 3 is 2.09 bits per heavy atom. The maximum Gasteiger partial charge on any atom is 0.434 e. The van der Waals surface area contributed by atoms with Gasteiger partial charge < -0.3 is 14.4 Å². The molecule has 35 heavy (non-hydrogen) atoms. The first-order valence-electron chi connectivity index (χ1n) is 11.1. The van der Waals surface area contributed by atoms with Gasteiger partial charge in [0.2, 0.25) is 0 Å². The van der Waals surface area contributed by atoms with Crippen molar-refractivity contribution >= 4 is 6.09 Å². The van der Waals surface area contributed by atoms with Crippen molar-refractivity contribution in [3.8, 4) is 11.5 Å². The van der Waals surface area contributed by atoms with Crippen molar-refractivity contribution in [2.75, 3.05) is 26.2 Å². The van der Waals surface area contributed by atoms with Gasteiger partial charge in [-0.05, 0) is 48.1 Å². The Morgan fingerprint density at radius 2 is 1.49 bits per heavy atom. The Labute approximate surface area is 198 Å². The van der Waals surface area contributed by atoms with Crippen molar-refractivity contribution in [2.24, 2.45) is 5.41 Å². The molecule has 0 N–H and O–H groups in total. The molecule has 4 rings (SSSR count). The van der Waals surface area contributed by atoms with E-state index in [1.54, 1.807) is 0 Å².